The molecule has 1 rings (SSSR count). The van der Waals surface area contributed by atoms with E-state index in [4.69, 9.17) is 18.0 Å². The standard InChI is InChI=1S/C13H16F2N2OS/c1-4-13(3,11(16)19)12(18)17-10-6-8(14)7(2)5-9(10)15/h5-6H,4H2,1-3H3,(H2,16,19)(H,17,18). The van der Waals surface area contributed by atoms with Gasteiger partial charge in [-0.2, -0.15) is 0 Å². The Kier molecular flexibility index (Phi) is 4.57. The molecule has 0 bridgehead atoms. The SMILES string of the molecule is CCC(C)(C(=O)Nc1cc(F)c(C)cc1F)C(N)=S. The van der Waals surface area contributed by atoms with Crippen molar-refractivity contribution < 1.29 is 13.6 Å². The van der Waals surface area contributed by atoms with Crippen LogP contribution in [0.25, 0.3) is 0 Å². The number of anilines is 1. The Labute approximate surface area is 116 Å². The lowest BCUT2D eigenvalue weighted by Crippen LogP contribution is -2.43. The highest BCUT2D eigenvalue weighted by Crippen LogP contribution is 2.26. The molecule has 0 saturated heterocycles. The van der Waals surface area contributed by atoms with E-state index in [2.05, 4.69) is 5.32 Å². The van der Waals surface area contributed by atoms with Crippen LogP contribution in [0.2, 0.25) is 0 Å². The first-order valence-corrected chi connectivity index (χ1v) is 6.20. The van der Waals surface area contributed by atoms with Crippen molar-refractivity contribution in [3.05, 3.63) is 29.3 Å². The highest BCUT2D eigenvalue weighted by molar-refractivity contribution is 7.80. The maximum absolute atomic E-state index is 13.6. The third-order valence-electron chi connectivity index (χ3n) is 3.25. The highest BCUT2D eigenvalue weighted by Gasteiger charge is 2.35. The Balaban J connectivity index is 3.06. The predicted molar refractivity (Wildman–Crippen MR) is 74.9 cm³/mol. The van der Waals surface area contributed by atoms with Crippen molar-refractivity contribution in [3.63, 3.8) is 0 Å². The zero-order chi connectivity index (χ0) is 14.8. The molecule has 3 N–H and O–H groups in total. The lowest BCUT2D eigenvalue weighted by Gasteiger charge is -2.25. The molecule has 0 heterocycles. The Morgan fingerprint density at radius 2 is 2.00 bits per heavy atom. The number of carbonyl (C=O) groups is 1. The van der Waals surface area contributed by atoms with Gasteiger partial charge >= 0.3 is 0 Å². The summed E-state index contributed by atoms with van der Waals surface area (Å²) < 4.78 is 27.0. The van der Waals surface area contributed by atoms with Gasteiger partial charge < -0.3 is 11.1 Å². The summed E-state index contributed by atoms with van der Waals surface area (Å²) >= 11 is 4.85. The molecule has 1 atom stereocenters. The molecule has 0 aliphatic carbocycles. The first kappa shape index (κ1) is 15.5. The minimum atomic E-state index is -1.09. The number of nitrogens with two attached hydrogens (primary N) is 1. The van der Waals surface area contributed by atoms with Crippen LogP contribution in [0.15, 0.2) is 12.1 Å². The summed E-state index contributed by atoms with van der Waals surface area (Å²) in [6.45, 7) is 4.74. The van der Waals surface area contributed by atoms with Gasteiger partial charge in [-0.05, 0) is 31.9 Å². The number of aryl methyl sites for hydroxylation is 1. The molecule has 19 heavy (non-hydrogen) atoms. The molecule has 3 nitrogen and oxygen atoms in total. The second kappa shape index (κ2) is 5.61. The largest absolute Gasteiger partial charge is 0.392 e. The third-order valence-corrected chi connectivity index (χ3v) is 3.70. The van der Waals surface area contributed by atoms with E-state index < -0.39 is 23.0 Å². The second-order valence-corrected chi connectivity index (χ2v) is 5.03. The molecule has 104 valence electrons. The van der Waals surface area contributed by atoms with E-state index in [1.54, 1.807) is 13.8 Å². The molecule has 1 aromatic carbocycles. The van der Waals surface area contributed by atoms with Crippen LogP contribution in [0.1, 0.15) is 25.8 Å². The number of hydrogen-bond donors (Lipinski definition) is 2. The molecular weight excluding hydrogens is 270 g/mol. The summed E-state index contributed by atoms with van der Waals surface area (Å²) in [6, 6.07) is 1.97. The number of hydrogen-bond acceptors (Lipinski definition) is 2. The van der Waals surface area contributed by atoms with Crippen LogP contribution in [0.5, 0.6) is 0 Å². The molecular formula is C13H16F2N2OS. The van der Waals surface area contributed by atoms with Crippen molar-refractivity contribution in [1.82, 2.24) is 0 Å². The van der Waals surface area contributed by atoms with Crippen LogP contribution in [0.4, 0.5) is 14.5 Å². The fourth-order valence-electron chi connectivity index (χ4n) is 1.45. The van der Waals surface area contributed by atoms with E-state index in [-0.39, 0.29) is 16.2 Å². The van der Waals surface area contributed by atoms with Gasteiger partial charge in [0.05, 0.1) is 16.1 Å². The number of amides is 1. The Morgan fingerprint density at radius 1 is 1.42 bits per heavy atom. The van der Waals surface area contributed by atoms with E-state index in [1.807, 2.05) is 0 Å². The topological polar surface area (TPSA) is 55.1 Å². The smallest absolute Gasteiger partial charge is 0.237 e. The molecule has 1 unspecified atom stereocenters. The van der Waals surface area contributed by atoms with Gasteiger partial charge in [-0.15, -0.1) is 0 Å². The average molecular weight is 286 g/mol. The van der Waals surface area contributed by atoms with E-state index >= 15 is 0 Å². The van der Waals surface area contributed by atoms with Crippen molar-refractivity contribution >= 4 is 28.8 Å². The van der Waals surface area contributed by atoms with Crippen LogP contribution in [0, 0.1) is 24.0 Å². The zero-order valence-corrected chi connectivity index (χ0v) is 11.8. The van der Waals surface area contributed by atoms with Crippen LogP contribution in [-0.4, -0.2) is 10.9 Å². The molecule has 0 aromatic heterocycles. The summed E-state index contributed by atoms with van der Waals surface area (Å²) in [7, 11) is 0. The van der Waals surface area contributed by atoms with Gasteiger partial charge in [0.1, 0.15) is 11.6 Å². The third kappa shape index (κ3) is 3.07. The molecule has 0 saturated carbocycles. The van der Waals surface area contributed by atoms with Crippen molar-refractivity contribution in [2.75, 3.05) is 5.32 Å². The van der Waals surface area contributed by atoms with Gasteiger partial charge in [0.15, 0.2) is 0 Å². The number of rotatable bonds is 4. The number of carbonyl (C=O) groups excluding carboxylic acids is 1. The van der Waals surface area contributed by atoms with Crippen molar-refractivity contribution in [3.8, 4) is 0 Å². The minimum absolute atomic E-state index is 0.0143. The number of thiocarbonyl (C=S) groups is 1. The monoisotopic (exact) mass is 286 g/mol. The highest BCUT2D eigenvalue weighted by atomic mass is 32.1. The summed E-state index contributed by atoms with van der Waals surface area (Å²) in [5.41, 5.74) is 4.39. The molecule has 6 heteroatoms. The molecule has 0 radical (unpaired) electrons. The fourth-order valence-corrected chi connectivity index (χ4v) is 1.69. The van der Waals surface area contributed by atoms with Crippen molar-refractivity contribution in [1.29, 1.82) is 0 Å². The fraction of sp³-hybridized carbons (Fsp3) is 0.385. The lowest BCUT2D eigenvalue weighted by atomic mass is 9.86. The molecule has 0 aliphatic rings. The van der Waals surface area contributed by atoms with Crippen LogP contribution in [-0.2, 0) is 4.79 Å². The van der Waals surface area contributed by atoms with Gasteiger partial charge in [-0.3, -0.25) is 4.79 Å². The maximum Gasteiger partial charge on any atom is 0.237 e. The predicted octanol–water partition coefficient (Wildman–Crippen LogP) is 2.91. The van der Waals surface area contributed by atoms with Gasteiger partial charge in [-0.25, -0.2) is 8.78 Å². The first-order valence-electron chi connectivity index (χ1n) is 5.79. The van der Waals surface area contributed by atoms with Crippen LogP contribution < -0.4 is 11.1 Å². The Hall–Kier alpha value is -1.56. The van der Waals surface area contributed by atoms with E-state index in [0.29, 0.717) is 6.42 Å². The lowest BCUT2D eigenvalue weighted by molar-refractivity contribution is -0.121. The molecule has 0 fully saturated rings. The zero-order valence-electron chi connectivity index (χ0n) is 11.0. The maximum atomic E-state index is 13.6. The quantitative estimate of drug-likeness (QED) is 0.837. The number of halogens is 2. The summed E-state index contributed by atoms with van der Waals surface area (Å²) in [4.78, 5) is 12.1. The minimum Gasteiger partial charge on any atom is -0.392 e. The van der Waals surface area contributed by atoms with Gasteiger partial charge in [-0.1, -0.05) is 19.1 Å². The number of nitrogens with one attached hydrogen (secondary N) is 1. The normalized spacial score (nSPS) is 13.7. The molecule has 0 aliphatic heterocycles. The van der Waals surface area contributed by atoms with Crippen LogP contribution in [0.3, 0.4) is 0 Å². The molecule has 1 amide bonds. The van der Waals surface area contributed by atoms with Crippen LogP contribution >= 0.6 is 12.2 Å². The second-order valence-electron chi connectivity index (χ2n) is 4.59. The van der Waals surface area contributed by atoms with E-state index in [9.17, 15) is 13.6 Å². The summed E-state index contributed by atoms with van der Waals surface area (Å²) in [5.74, 6) is -1.84. The van der Waals surface area contributed by atoms with Gasteiger partial charge in [0.2, 0.25) is 5.91 Å². The number of benzene rings is 1. The summed E-state index contributed by atoms with van der Waals surface area (Å²) in [5, 5.41) is 2.33. The van der Waals surface area contributed by atoms with Crippen molar-refractivity contribution in [2.45, 2.75) is 27.2 Å². The van der Waals surface area contributed by atoms with Gasteiger partial charge in [0.25, 0.3) is 0 Å². The van der Waals surface area contributed by atoms with E-state index in [1.165, 1.54) is 6.92 Å². The first-order chi connectivity index (χ1) is 8.72. The van der Waals surface area contributed by atoms with E-state index in [0.717, 1.165) is 12.1 Å². The van der Waals surface area contributed by atoms with Gasteiger partial charge in [0, 0.05) is 6.07 Å². The molecule has 0 spiro atoms. The Morgan fingerprint density at radius 3 is 2.47 bits per heavy atom. The average Bonchev–Trinajstić information content (AvgIpc) is 2.34. The Bertz CT molecular complexity index is 534. The molecule has 1 aromatic rings. The summed E-state index contributed by atoms with van der Waals surface area (Å²) in [6.07, 6.45) is 0.365. The van der Waals surface area contributed by atoms with Crippen molar-refractivity contribution in [2.24, 2.45) is 11.1 Å².